The van der Waals surface area contributed by atoms with Crippen molar-refractivity contribution >= 4 is 15.9 Å². The zero-order chi connectivity index (χ0) is 15.5. The Morgan fingerprint density at radius 3 is 2.24 bits per heavy atom. The zero-order valence-electron chi connectivity index (χ0n) is 12.1. The van der Waals surface area contributed by atoms with Crippen LogP contribution in [0.1, 0.15) is 18.1 Å². The number of methoxy groups -OCH3 is 1. The first kappa shape index (κ1) is 16.0. The van der Waals surface area contributed by atoms with Crippen molar-refractivity contribution in [3.8, 4) is 5.75 Å². The molecule has 1 atom stereocenters. The maximum absolute atomic E-state index is 13.7. The lowest BCUT2D eigenvalue weighted by atomic mass is 9.90. The van der Waals surface area contributed by atoms with Gasteiger partial charge >= 0.3 is 0 Å². The summed E-state index contributed by atoms with van der Waals surface area (Å²) in [7, 11) is 1.43. The van der Waals surface area contributed by atoms with Crippen molar-refractivity contribution in [2.24, 2.45) is 0 Å². The van der Waals surface area contributed by atoms with Crippen LogP contribution in [0.2, 0.25) is 0 Å². The van der Waals surface area contributed by atoms with Crippen molar-refractivity contribution in [3.05, 3.63) is 63.9 Å². The van der Waals surface area contributed by atoms with Crippen LogP contribution in [0.15, 0.2) is 46.9 Å². The molecule has 2 nitrogen and oxygen atoms in total. The Labute approximate surface area is 132 Å². The van der Waals surface area contributed by atoms with E-state index in [4.69, 9.17) is 4.74 Å². The van der Waals surface area contributed by atoms with Crippen molar-refractivity contribution in [1.29, 1.82) is 0 Å². The van der Waals surface area contributed by atoms with E-state index in [0.717, 1.165) is 15.6 Å². The van der Waals surface area contributed by atoms with Crippen molar-refractivity contribution in [2.75, 3.05) is 7.11 Å². The van der Waals surface area contributed by atoms with E-state index in [1.807, 2.05) is 24.3 Å². The minimum atomic E-state index is -0.936. The summed E-state index contributed by atoms with van der Waals surface area (Å²) in [6.45, 7) is 1.76. The fourth-order valence-electron chi connectivity index (χ4n) is 2.36. The number of rotatable bonds is 5. The molecule has 0 fully saturated rings. The molecule has 4 heteroatoms. The van der Waals surface area contributed by atoms with Crippen LogP contribution in [0.3, 0.4) is 0 Å². The van der Waals surface area contributed by atoms with Gasteiger partial charge < -0.3 is 9.84 Å². The van der Waals surface area contributed by atoms with Crippen molar-refractivity contribution in [1.82, 2.24) is 0 Å². The van der Waals surface area contributed by atoms with E-state index < -0.39 is 11.4 Å². The van der Waals surface area contributed by atoms with E-state index in [1.165, 1.54) is 13.2 Å². The Morgan fingerprint density at radius 1 is 1.10 bits per heavy atom. The third-order valence-electron chi connectivity index (χ3n) is 3.30. The number of aliphatic hydroxyl groups is 1. The molecular formula is C17H18BrFO2. The molecule has 2 rings (SSSR count). The largest absolute Gasteiger partial charge is 0.494 e. The predicted octanol–water partition coefficient (Wildman–Crippen LogP) is 4.13. The second kappa shape index (κ2) is 6.58. The highest BCUT2D eigenvalue weighted by molar-refractivity contribution is 9.10. The van der Waals surface area contributed by atoms with Crippen LogP contribution >= 0.6 is 15.9 Å². The highest BCUT2D eigenvalue weighted by Gasteiger charge is 2.22. The molecule has 0 aromatic heterocycles. The van der Waals surface area contributed by atoms with Gasteiger partial charge in [-0.2, -0.15) is 0 Å². The summed E-state index contributed by atoms with van der Waals surface area (Å²) in [6, 6.07) is 12.6. The van der Waals surface area contributed by atoms with Gasteiger partial charge in [-0.05, 0) is 42.3 Å². The summed E-state index contributed by atoms with van der Waals surface area (Å²) in [6.07, 6.45) is 0.887. The molecule has 0 saturated heterocycles. The molecule has 0 aliphatic heterocycles. The van der Waals surface area contributed by atoms with Crippen LogP contribution < -0.4 is 4.74 Å². The van der Waals surface area contributed by atoms with E-state index >= 15 is 0 Å². The molecule has 1 unspecified atom stereocenters. The van der Waals surface area contributed by atoms with Gasteiger partial charge in [0.1, 0.15) is 0 Å². The molecule has 2 aromatic rings. The van der Waals surface area contributed by atoms with Crippen molar-refractivity contribution in [2.45, 2.75) is 25.4 Å². The quantitative estimate of drug-likeness (QED) is 0.876. The number of ether oxygens (including phenoxy) is 1. The summed E-state index contributed by atoms with van der Waals surface area (Å²) in [5, 5.41) is 10.5. The summed E-state index contributed by atoms with van der Waals surface area (Å²) in [5.41, 5.74) is 0.849. The maximum atomic E-state index is 13.7. The van der Waals surface area contributed by atoms with Crippen LogP contribution in [-0.4, -0.2) is 17.8 Å². The van der Waals surface area contributed by atoms with Gasteiger partial charge in [0, 0.05) is 17.3 Å². The number of hydrogen-bond acceptors (Lipinski definition) is 2. The SMILES string of the molecule is COc1ccc(CC(C)(O)Cc2ccc(Br)cc2)cc1F. The summed E-state index contributed by atoms with van der Waals surface area (Å²) in [4.78, 5) is 0. The van der Waals surface area contributed by atoms with Gasteiger partial charge in [-0.3, -0.25) is 0 Å². The second-order valence-corrected chi connectivity index (χ2v) is 6.36. The van der Waals surface area contributed by atoms with Gasteiger partial charge in [0.25, 0.3) is 0 Å². The first-order valence-corrected chi connectivity index (χ1v) is 7.48. The molecular weight excluding hydrogens is 335 g/mol. The molecule has 0 radical (unpaired) electrons. The highest BCUT2D eigenvalue weighted by atomic mass is 79.9. The van der Waals surface area contributed by atoms with Crippen LogP contribution in [0.25, 0.3) is 0 Å². The first-order chi connectivity index (χ1) is 9.89. The predicted molar refractivity (Wildman–Crippen MR) is 85.1 cm³/mol. The maximum Gasteiger partial charge on any atom is 0.165 e. The second-order valence-electron chi connectivity index (χ2n) is 5.45. The van der Waals surface area contributed by atoms with Crippen molar-refractivity contribution < 1.29 is 14.2 Å². The summed E-state index contributed by atoms with van der Waals surface area (Å²) in [5.74, 6) is -0.194. The lowest BCUT2D eigenvalue weighted by Crippen LogP contribution is -2.30. The van der Waals surface area contributed by atoms with Crippen LogP contribution in [0.5, 0.6) is 5.75 Å². The fourth-order valence-corrected chi connectivity index (χ4v) is 2.63. The minimum Gasteiger partial charge on any atom is -0.494 e. The van der Waals surface area contributed by atoms with Gasteiger partial charge in [-0.15, -0.1) is 0 Å². The van der Waals surface area contributed by atoms with E-state index in [-0.39, 0.29) is 5.75 Å². The Hall–Kier alpha value is -1.39. The Kier molecular flexibility index (Phi) is 5.01. The Balaban J connectivity index is 2.09. The molecule has 2 aromatic carbocycles. The van der Waals surface area contributed by atoms with E-state index in [2.05, 4.69) is 15.9 Å². The van der Waals surface area contributed by atoms with Gasteiger partial charge in [0.05, 0.1) is 12.7 Å². The van der Waals surface area contributed by atoms with Gasteiger partial charge in [-0.1, -0.05) is 34.1 Å². The highest BCUT2D eigenvalue weighted by Crippen LogP contribution is 2.23. The molecule has 0 saturated carbocycles. The van der Waals surface area contributed by atoms with Crippen LogP contribution in [-0.2, 0) is 12.8 Å². The molecule has 1 N–H and O–H groups in total. The van der Waals surface area contributed by atoms with Gasteiger partial charge in [0.15, 0.2) is 11.6 Å². The van der Waals surface area contributed by atoms with Gasteiger partial charge in [0.2, 0.25) is 0 Å². The average molecular weight is 353 g/mol. The zero-order valence-corrected chi connectivity index (χ0v) is 13.7. The van der Waals surface area contributed by atoms with E-state index in [1.54, 1.807) is 19.1 Å². The van der Waals surface area contributed by atoms with E-state index in [9.17, 15) is 9.50 Å². The average Bonchev–Trinajstić information content (AvgIpc) is 2.41. The number of benzene rings is 2. The monoisotopic (exact) mass is 352 g/mol. The molecule has 0 bridgehead atoms. The molecule has 0 spiro atoms. The minimum absolute atomic E-state index is 0.214. The third-order valence-corrected chi connectivity index (χ3v) is 3.83. The van der Waals surface area contributed by atoms with Crippen LogP contribution in [0, 0.1) is 5.82 Å². The third kappa shape index (κ3) is 4.55. The Morgan fingerprint density at radius 2 is 1.67 bits per heavy atom. The summed E-state index contributed by atoms with van der Waals surface area (Å²) < 4.78 is 19.6. The topological polar surface area (TPSA) is 29.5 Å². The normalized spacial score (nSPS) is 13.8. The summed E-state index contributed by atoms with van der Waals surface area (Å²) >= 11 is 3.38. The first-order valence-electron chi connectivity index (χ1n) is 6.69. The van der Waals surface area contributed by atoms with Gasteiger partial charge in [-0.25, -0.2) is 4.39 Å². The molecule has 21 heavy (non-hydrogen) atoms. The molecule has 112 valence electrons. The molecule has 0 heterocycles. The Bertz CT molecular complexity index is 609. The van der Waals surface area contributed by atoms with E-state index in [0.29, 0.717) is 12.8 Å². The molecule has 0 amide bonds. The van der Waals surface area contributed by atoms with Crippen molar-refractivity contribution in [3.63, 3.8) is 0 Å². The number of hydrogen-bond donors (Lipinski definition) is 1. The standard InChI is InChI=1S/C17H18BrFO2/c1-17(20,10-12-3-6-14(18)7-4-12)11-13-5-8-16(21-2)15(19)9-13/h3-9,20H,10-11H2,1-2H3. The lowest BCUT2D eigenvalue weighted by molar-refractivity contribution is 0.0607. The molecule has 0 aliphatic rings. The smallest absolute Gasteiger partial charge is 0.165 e. The molecule has 0 aliphatic carbocycles. The van der Waals surface area contributed by atoms with Crippen LogP contribution in [0.4, 0.5) is 4.39 Å². The number of halogens is 2. The lowest BCUT2D eigenvalue weighted by Gasteiger charge is -2.24. The fraction of sp³-hybridized carbons (Fsp3) is 0.294.